The van der Waals surface area contributed by atoms with Gasteiger partial charge in [0.05, 0.1) is 12.5 Å². The van der Waals surface area contributed by atoms with Crippen molar-refractivity contribution < 1.29 is 19.9 Å². The van der Waals surface area contributed by atoms with Gasteiger partial charge < -0.3 is 10.4 Å². The van der Waals surface area contributed by atoms with Crippen LogP contribution in [0.4, 0.5) is 0 Å². The monoisotopic (exact) mass is 266 g/mol. The van der Waals surface area contributed by atoms with E-state index in [4.69, 9.17) is 10.3 Å². The number of rotatable bonds is 6. The van der Waals surface area contributed by atoms with Crippen LogP contribution in [-0.2, 0) is 4.79 Å². The van der Waals surface area contributed by atoms with E-state index in [-0.39, 0.29) is 25.5 Å². The van der Waals surface area contributed by atoms with Gasteiger partial charge in [0.1, 0.15) is 0 Å². The second-order valence-corrected chi connectivity index (χ2v) is 4.27. The van der Waals surface area contributed by atoms with Gasteiger partial charge in [-0.15, -0.1) is 0 Å². The minimum Gasteiger partial charge on any atom is -0.396 e. The highest BCUT2D eigenvalue weighted by Gasteiger charge is 2.16. The number of aryl methyl sites for hydroxylation is 1. The third-order valence-corrected chi connectivity index (χ3v) is 2.79. The van der Waals surface area contributed by atoms with Gasteiger partial charge in [-0.3, -0.25) is 14.8 Å². The van der Waals surface area contributed by atoms with Gasteiger partial charge in [-0.05, 0) is 25.5 Å². The van der Waals surface area contributed by atoms with E-state index in [0.717, 1.165) is 5.56 Å². The van der Waals surface area contributed by atoms with Crippen molar-refractivity contribution in [3.8, 4) is 0 Å². The lowest BCUT2D eigenvalue weighted by atomic mass is 10.1. The van der Waals surface area contributed by atoms with Crippen molar-refractivity contribution in [1.82, 2.24) is 10.8 Å². The Hall–Kier alpha value is -1.92. The van der Waals surface area contributed by atoms with Crippen LogP contribution in [-0.4, -0.2) is 35.3 Å². The van der Waals surface area contributed by atoms with Crippen LogP contribution in [0.5, 0.6) is 0 Å². The first-order valence-corrected chi connectivity index (χ1v) is 5.98. The number of aliphatic hydroxyl groups excluding tert-OH is 1. The van der Waals surface area contributed by atoms with Crippen molar-refractivity contribution in [2.45, 2.75) is 13.3 Å². The number of hydroxylamine groups is 1. The zero-order chi connectivity index (χ0) is 14.3. The van der Waals surface area contributed by atoms with Gasteiger partial charge in [0, 0.05) is 12.1 Å². The Morgan fingerprint density at radius 1 is 1.26 bits per heavy atom. The van der Waals surface area contributed by atoms with Gasteiger partial charge in [-0.25, -0.2) is 5.48 Å². The molecular formula is C13H18N2O4. The van der Waals surface area contributed by atoms with Crippen LogP contribution in [0.2, 0.25) is 0 Å². The fraction of sp³-hybridized carbons (Fsp3) is 0.385. The summed E-state index contributed by atoms with van der Waals surface area (Å²) in [5.41, 5.74) is 3.09. The van der Waals surface area contributed by atoms with E-state index in [1.54, 1.807) is 12.1 Å². The van der Waals surface area contributed by atoms with Crippen LogP contribution in [0.25, 0.3) is 0 Å². The number of carbonyl (C=O) groups is 2. The molecular weight excluding hydrogens is 248 g/mol. The topological polar surface area (TPSA) is 98.7 Å². The summed E-state index contributed by atoms with van der Waals surface area (Å²) < 4.78 is 0. The SMILES string of the molecule is Cc1ccc(C(=O)NCCC(CO)C(=O)NO)cc1. The Morgan fingerprint density at radius 2 is 1.89 bits per heavy atom. The largest absolute Gasteiger partial charge is 0.396 e. The number of carbonyl (C=O) groups excluding carboxylic acids is 2. The molecule has 0 aliphatic carbocycles. The first kappa shape index (κ1) is 15.1. The summed E-state index contributed by atoms with van der Waals surface area (Å²) >= 11 is 0. The highest BCUT2D eigenvalue weighted by molar-refractivity contribution is 5.94. The standard InChI is InChI=1S/C13H18N2O4/c1-9-2-4-10(5-3-9)12(17)14-7-6-11(8-16)13(18)15-19/h2-5,11,16,19H,6-8H2,1H3,(H,14,17)(H,15,18). The van der Waals surface area contributed by atoms with Crippen LogP contribution in [0.15, 0.2) is 24.3 Å². The molecule has 0 aliphatic heterocycles. The zero-order valence-corrected chi connectivity index (χ0v) is 10.7. The number of aliphatic hydroxyl groups is 1. The van der Waals surface area contributed by atoms with Gasteiger partial charge in [0.2, 0.25) is 5.91 Å². The average Bonchev–Trinajstić information content (AvgIpc) is 2.43. The lowest BCUT2D eigenvalue weighted by molar-refractivity contribution is -0.134. The van der Waals surface area contributed by atoms with E-state index in [9.17, 15) is 9.59 Å². The van der Waals surface area contributed by atoms with Crippen LogP contribution >= 0.6 is 0 Å². The van der Waals surface area contributed by atoms with Gasteiger partial charge in [-0.2, -0.15) is 0 Å². The Balaban J connectivity index is 2.42. The number of hydrogen-bond acceptors (Lipinski definition) is 4. The van der Waals surface area contributed by atoms with Gasteiger partial charge in [0.15, 0.2) is 0 Å². The molecule has 6 heteroatoms. The van der Waals surface area contributed by atoms with Crippen molar-refractivity contribution >= 4 is 11.8 Å². The Kier molecular flexibility index (Phi) is 5.98. The van der Waals surface area contributed by atoms with E-state index in [1.807, 2.05) is 19.1 Å². The molecule has 1 unspecified atom stereocenters. The average molecular weight is 266 g/mol. The smallest absolute Gasteiger partial charge is 0.251 e. The molecule has 0 saturated carbocycles. The number of nitrogens with one attached hydrogen (secondary N) is 2. The molecule has 4 N–H and O–H groups in total. The molecule has 0 heterocycles. The van der Waals surface area contributed by atoms with E-state index in [0.29, 0.717) is 5.56 Å². The second-order valence-electron chi connectivity index (χ2n) is 4.27. The van der Waals surface area contributed by atoms with E-state index in [1.165, 1.54) is 5.48 Å². The normalized spacial score (nSPS) is 11.7. The fourth-order valence-electron chi connectivity index (χ4n) is 1.56. The van der Waals surface area contributed by atoms with Gasteiger partial charge in [-0.1, -0.05) is 17.7 Å². The predicted molar refractivity (Wildman–Crippen MR) is 68.6 cm³/mol. The summed E-state index contributed by atoms with van der Waals surface area (Å²) in [4.78, 5) is 22.8. The van der Waals surface area contributed by atoms with Crippen molar-refractivity contribution in [1.29, 1.82) is 0 Å². The first-order chi connectivity index (χ1) is 9.08. The molecule has 104 valence electrons. The summed E-state index contributed by atoms with van der Waals surface area (Å²) in [7, 11) is 0. The molecule has 0 aromatic heterocycles. The summed E-state index contributed by atoms with van der Waals surface area (Å²) in [6.45, 7) is 1.79. The third-order valence-electron chi connectivity index (χ3n) is 2.79. The summed E-state index contributed by atoms with van der Waals surface area (Å²) in [5.74, 6) is -1.63. The quantitative estimate of drug-likeness (QED) is 0.437. The van der Waals surface area contributed by atoms with Crippen molar-refractivity contribution in [3.05, 3.63) is 35.4 Å². The molecule has 0 spiro atoms. The van der Waals surface area contributed by atoms with Crippen LogP contribution in [0.3, 0.4) is 0 Å². The number of hydrogen-bond donors (Lipinski definition) is 4. The maximum absolute atomic E-state index is 11.7. The summed E-state index contributed by atoms with van der Waals surface area (Å²) in [5, 5.41) is 20.1. The molecule has 0 bridgehead atoms. The maximum atomic E-state index is 11.7. The van der Waals surface area contributed by atoms with E-state index >= 15 is 0 Å². The lowest BCUT2D eigenvalue weighted by Gasteiger charge is -2.12. The summed E-state index contributed by atoms with van der Waals surface area (Å²) in [6, 6.07) is 7.11. The van der Waals surface area contributed by atoms with Crippen molar-refractivity contribution in [2.75, 3.05) is 13.2 Å². The molecule has 19 heavy (non-hydrogen) atoms. The van der Waals surface area contributed by atoms with Gasteiger partial charge in [0.25, 0.3) is 5.91 Å². The zero-order valence-electron chi connectivity index (χ0n) is 10.7. The minimum absolute atomic E-state index is 0.235. The number of benzene rings is 1. The van der Waals surface area contributed by atoms with Crippen LogP contribution in [0.1, 0.15) is 22.3 Å². The van der Waals surface area contributed by atoms with Gasteiger partial charge >= 0.3 is 0 Å². The molecule has 2 amide bonds. The minimum atomic E-state index is -0.733. The maximum Gasteiger partial charge on any atom is 0.251 e. The Labute approximate surface area is 111 Å². The summed E-state index contributed by atoms with van der Waals surface area (Å²) in [6.07, 6.45) is 0.250. The molecule has 0 saturated heterocycles. The molecule has 0 radical (unpaired) electrons. The predicted octanol–water partition coefficient (Wildman–Crippen LogP) is 0.229. The molecule has 1 atom stereocenters. The lowest BCUT2D eigenvalue weighted by Crippen LogP contribution is -2.34. The Bertz CT molecular complexity index is 431. The van der Waals surface area contributed by atoms with Crippen LogP contribution < -0.4 is 10.8 Å². The highest BCUT2D eigenvalue weighted by Crippen LogP contribution is 2.04. The van der Waals surface area contributed by atoms with Crippen LogP contribution in [0, 0.1) is 12.8 Å². The third kappa shape index (κ3) is 4.69. The molecule has 1 aromatic rings. The Morgan fingerprint density at radius 3 is 2.42 bits per heavy atom. The van der Waals surface area contributed by atoms with E-state index in [2.05, 4.69) is 5.32 Å². The first-order valence-electron chi connectivity index (χ1n) is 5.98. The molecule has 6 nitrogen and oxygen atoms in total. The van der Waals surface area contributed by atoms with E-state index < -0.39 is 11.8 Å². The fourth-order valence-corrected chi connectivity index (χ4v) is 1.56. The second kappa shape index (κ2) is 7.50. The molecule has 0 aliphatic rings. The van der Waals surface area contributed by atoms with Crippen molar-refractivity contribution in [3.63, 3.8) is 0 Å². The molecule has 0 fully saturated rings. The molecule has 1 aromatic carbocycles. The van der Waals surface area contributed by atoms with Crippen molar-refractivity contribution in [2.24, 2.45) is 5.92 Å². The highest BCUT2D eigenvalue weighted by atomic mass is 16.5. The molecule has 1 rings (SSSR count). The number of amides is 2.